The van der Waals surface area contributed by atoms with E-state index in [4.69, 9.17) is 14.2 Å². The van der Waals surface area contributed by atoms with Crippen LogP contribution in [-0.2, 0) is 30.9 Å². The minimum absolute atomic E-state index is 0.0223. The molecule has 256 valence electrons. The summed E-state index contributed by atoms with van der Waals surface area (Å²) in [7, 11) is 2.03. The molecule has 1 saturated heterocycles. The number of carbonyl (C=O) groups excluding carboxylic acids is 2. The second-order valence-corrected chi connectivity index (χ2v) is 14.4. The van der Waals surface area contributed by atoms with Gasteiger partial charge in [0.05, 0.1) is 11.0 Å². The number of phenols is 1. The Labute approximate surface area is 275 Å². The number of benzene rings is 1. The summed E-state index contributed by atoms with van der Waals surface area (Å²) in [6.07, 6.45) is 20.7. The highest BCUT2D eigenvalue weighted by atomic mass is 16.6. The number of unbranched alkanes of at least 4 members (excludes halogenated alkanes) is 14. The standard InChI is InChI=1S/C38H57NO7/c1-4-5-6-7-8-9-10-11-12-13-14-15-16-17-18-19-32(41)44-27(2)36(42)45-30-22-23-38(43)31-26-28-20-21-29(40)34-33(28)37(38,35(30)46-34)24-25-39(31)3/h20-22,27,31,35,40,43H,4-19,23-26H2,1-3H3/t27-,31-,35-,37-,38+/m0/s1. The highest BCUT2D eigenvalue weighted by Crippen LogP contribution is 2.65. The molecule has 1 fully saturated rings. The summed E-state index contributed by atoms with van der Waals surface area (Å²) in [4.78, 5) is 27.9. The molecule has 0 radical (unpaired) electrons. The number of aromatic hydroxyl groups is 1. The van der Waals surface area contributed by atoms with E-state index in [-0.39, 0.29) is 18.2 Å². The van der Waals surface area contributed by atoms with Crippen molar-refractivity contribution in [1.82, 2.24) is 4.90 Å². The van der Waals surface area contributed by atoms with E-state index < -0.39 is 35.2 Å². The van der Waals surface area contributed by atoms with Gasteiger partial charge in [-0.05, 0) is 57.5 Å². The van der Waals surface area contributed by atoms with Gasteiger partial charge in [-0.25, -0.2) is 4.79 Å². The van der Waals surface area contributed by atoms with Crippen molar-refractivity contribution in [2.75, 3.05) is 13.6 Å². The van der Waals surface area contributed by atoms with E-state index in [1.54, 1.807) is 12.1 Å². The van der Waals surface area contributed by atoms with E-state index in [1.165, 1.54) is 84.0 Å². The smallest absolute Gasteiger partial charge is 0.352 e. The Bertz CT molecular complexity index is 1250. The monoisotopic (exact) mass is 639 g/mol. The molecular formula is C38H57NO7. The normalized spacial score (nSPS) is 26.6. The third-order valence-electron chi connectivity index (χ3n) is 11.2. The molecule has 8 nitrogen and oxygen atoms in total. The molecule has 0 aromatic heterocycles. The Morgan fingerprint density at radius 1 is 0.978 bits per heavy atom. The number of rotatable bonds is 19. The molecule has 2 aliphatic heterocycles. The van der Waals surface area contributed by atoms with E-state index in [0.717, 1.165) is 36.9 Å². The van der Waals surface area contributed by atoms with E-state index in [1.807, 2.05) is 13.1 Å². The Hall–Kier alpha value is -2.58. The number of ether oxygens (including phenoxy) is 3. The maximum atomic E-state index is 13.1. The van der Waals surface area contributed by atoms with Gasteiger partial charge >= 0.3 is 11.9 Å². The van der Waals surface area contributed by atoms with Crippen LogP contribution in [0.3, 0.4) is 0 Å². The lowest BCUT2D eigenvalue weighted by Gasteiger charge is -2.61. The molecule has 1 aromatic rings. The molecule has 2 bridgehead atoms. The molecule has 0 saturated carbocycles. The van der Waals surface area contributed by atoms with Crippen LogP contribution in [0.2, 0.25) is 0 Å². The van der Waals surface area contributed by atoms with Crippen molar-refractivity contribution in [3.05, 3.63) is 35.1 Å². The van der Waals surface area contributed by atoms with Gasteiger partial charge in [-0.3, -0.25) is 4.79 Å². The van der Waals surface area contributed by atoms with E-state index in [0.29, 0.717) is 30.8 Å². The average molecular weight is 640 g/mol. The van der Waals surface area contributed by atoms with Crippen LogP contribution in [0.4, 0.5) is 0 Å². The van der Waals surface area contributed by atoms with Crippen molar-refractivity contribution in [3.63, 3.8) is 0 Å². The van der Waals surface area contributed by atoms with Gasteiger partial charge < -0.3 is 29.3 Å². The Morgan fingerprint density at radius 3 is 2.22 bits per heavy atom. The molecule has 0 unspecified atom stereocenters. The second-order valence-electron chi connectivity index (χ2n) is 14.4. The summed E-state index contributed by atoms with van der Waals surface area (Å²) >= 11 is 0. The molecule has 46 heavy (non-hydrogen) atoms. The fraction of sp³-hybridized carbons (Fsp3) is 0.737. The SMILES string of the molecule is CCCCCCCCCCCCCCCCCC(=O)O[C@@H](C)C(=O)OC1=CC[C@@]2(O)[C@@H]3Cc4ccc(O)c5c4[C@@]2(CCN3C)[C@H]1O5. The van der Waals surface area contributed by atoms with E-state index in [2.05, 4.69) is 11.8 Å². The van der Waals surface area contributed by atoms with Gasteiger partial charge in [0.1, 0.15) is 5.76 Å². The maximum Gasteiger partial charge on any atom is 0.352 e. The number of aliphatic hydroxyl groups is 1. The lowest BCUT2D eigenvalue weighted by Crippen LogP contribution is -2.74. The second kappa shape index (κ2) is 15.5. The van der Waals surface area contributed by atoms with Gasteiger partial charge in [0.25, 0.3) is 0 Å². The molecule has 2 aliphatic carbocycles. The summed E-state index contributed by atoms with van der Waals surface area (Å²) < 4.78 is 17.6. The summed E-state index contributed by atoms with van der Waals surface area (Å²) in [5.41, 5.74) is -0.0686. The number of likely N-dealkylation sites (tertiary alicyclic amines) is 1. The molecular weight excluding hydrogens is 582 g/mol. The van der Waals surface area contributed by atoms with Crippen molar-refractivity contribution in [2.24, 2.45) is 0 Å². The number of likely N-dealkylation sites (N-methyl/N-ethyl adjacent to an activating group) is 1. The van der Waals surface area contributed by atoms with Gasteiger partial charge in [-0.15, -0.1) is 0 Å². The number of carbonyl (C=O) groups is 2. The zero-order valence-corrected chi connectivity index (χ0v) is 28.5. The lowest BCUT2D eigenvalue weighted by atomic mass is 9.50. The van der Waals surface area contributed by atoms with Crippen LogP contribution in [0, 0.1) is 0 Å². The van der Waals surface area contributed by atoms with Gasteiger partial charge in [0, 0.05) is 24.4 Å². The first-order chi connectivity index (χ1) is 22.2. The van der Waals surface area contributed by atoms with Crippen molar-refractivity contribution >= 4 is 11.9 Å². The van der Waals surface area contributed by atoms with E-state index in [9.17, 15) is 19.8 Å². The minimum atomic E-state index is -1.13. The summed E-state index contributed by atoms with van der Waals surface area (Å²) in [5, 5.41) is 22.9. The molecule has 5 atom stereocenters. The first-order valence-corrected chi connectivity index (χ1v) is 18.3. The first kappa shape index (κ1) is 34.7. The topological polar surface area (TPSA) is 106 Å². The van der Waals surface area contributed by atoms with Gasteiger partial charge in [-0.2, -0.15) is 0 Å². The highest BCUT2D eigenvalue weighted by molar-refractivity contribution is 5.80. The fourth-order valence-corrected chi connectivity index (χ4v) is 8.58. The molecule has 1 aromatic carbocycles. The Morgan fingerprint density at radius 2 is 1.59 bits per heavy atom. The molecule has 2 N–H and O–H groups in total. The number of piperidine rings is 1. The molecule has 1 spiro atoms. The largest absolute Gasteiger partial charge is 0.504 e. The van der Waals surface area contributed by atoms with E-state index >= 15 is 0 Å². The number of hydrogen-bond donors (Lipinski definition) is 2. The maximum absolute atomic E-state index is 13.1. The Kier molecular flexibility index (Phi) is 11.7. The lowest BCUT2D eigenvalue weighted by molar-refractivity contribution is -0.175. The van der Waals surface area contributed by atoms with Crippen LogP contribution in [0.15, 0.2) is 24.0 Å². The predicted octanol–water partition coefficient (Wildman–Crippen LogP) is 7.41. The highest BCUT2D eigenvalue weighted by Gasteiger charge is 2.72. The summed E-state index contributed by atoms with van der Waals surface area (Å²) in [5.74, 6) is -0.354. The predicted molar refractivity (Wildman–Crippen MR) is 178 cm³/mol. The van der Waals surface area contributed by atoms with Crippen molar-refractivity contribution < 1.29 is 34.0 Å². The molecule has 2 heterocycles. The van der Waals surface area contributed by atoms with Gasteiger partial charge in [0.2, 0.25) is 0 Å². The number of nitrogens with zero attached hydrogens (tertiary/aromatic N) is 1. The molecule has 5 rings (SSSR count). The van der Waals surface area contributed by atoms with Gasteiger partial charge in [0.15, 0.2) is 23.7 Å². The zero-order chi connectivity index (χ0) is 32.7. The van der Waals surface area contributed by atoms with Gasteiger partial charge in [-0.1, -0.05) is 103 Å². The van der Waals surface area contributed by atoms with Crippen LogP contribution in [0.25, 0.3) is 0 Å². The van der Waals surface area contributed by atoms with Crippen LogP contribution in [-0.4, -0.2) is 64.5 Å². The molecule has 8 heteroatoms. The Balaban J connectivity index is 1.02. The average Bonchev–Trinajstić information content (AvgIpc) is 3.40. The quantitative estimate of drug-likeness (QED) is 0.119. The number of hydrogen-bond acceptors (Lipinski definition) is 8. The number of phenolic OH excluding ortho intramolecular Hbond substituents is 1. The van der Waals surface area contributed by atoms with Crippen LogP contribution < -0.4 is 4.74 Å². The van der Waals surface area contributed by atoms with Crippen LogP contribution in [0.1, 0.15) is 141 Å². The molecule has 0 amide bonds. The third kappa shape index (κ3) is 6.99. The fourth-order valence-electron chi connectivity index (χ4n) is 8.58. The molecule has 4 aliphatic rings. The summed E-state index contributed by atoms with van der Waals surface area (Å²) in [6.45, 7) is 4.54. The van der Waals surface area contributed by atoms with Crippen molar-refractivity contribution in [1.29, 1.82) is 0 Å². The minimum Gasteiger partial charge on any atom is -0.504 e. The van der Waals surface area contributed by atoms with Crippen molar-refractivity contribution in [3.8, 4) is 11.5 Å². The van der Waals surface area contributed by atoms with Crippen LogP contribution in [0.5, 0.6) is 11.5 Å². The summed E-state index contributed by atoms with van der Waals surface area (Å²) in [6, 6.07) is 3.43. The first-order valence-electron chi connectivity index (χ1n) is 18.3. The number of esters is 2. The third-order valence-corrected chi connectivity index (χ3v) is 11.2. The van der Waals surface area contributed by atoms with Crippen LogP contribution >= 0.6 is 0 Å². The zero-order valence-electron chi connectivity index (χ0n) is 28.5. The van der Waals surface area contributed by atoms with Crippen molar-refractivity contribution in [2.45, 2.75) is 165 Å².